The van der Waals surface area contributed by atoms with Gasteiger partial charge in [0.25, 0.3) is 0 Å². The molecule has 3 heteroatoms. The number of hydrogen-bond acceptors (Lipinski definition) is 3. The fourth-order valence-electron chi connectivity index (χ4n) is 2.71. The summed E-state index contributed by atoms with van der Waals surface area (Å²) in [5, 5.41) is 11.1. The van der Waals surface area contributed by atoms with E-state index in [1.165, 1.54) is 0 Å². The Kier molecular flexibility index (Phi) is 7.27. The molecule has 1 unspecified atom stereocenters. The molecule has 0 heterocycles. The number of carbonyl (C=O) groups excluding carboxylic acids is 1. The fraction of sp³-hybridized carbons (Fsp3) is 0.650. The third-order valence-corrected chi connectivity index (χ3v) is 3.78. The van der Waals surface area contributed by atoms with Crippen molar-refractivity contribution >= 4 is 5.97 Å². The molecule has 1 aromatic carbocycles. The molecular formula is C20H32O3. The Bertz CT molecular complexity index is 473. The van der Waals surface area contributed by atoms with Crippen LogP contribution in [0.2, 0.25) is 0 Å². The predicted molar refractivity (Wildman–Crippen MR) is 94.1 cm³/mol. The number of ether oxygens (including phenoxy) is 1. The molecule has 0 amide bonds. The first kappa shape index (κ1) is 19.7. The number of aliphatic hydroxyl groups is 1. The molecule has 0 radical (unpaired) electrons. The molecule has 1 aromatic rings. The first-order valence-electron chi connectivity index (χ1n) is 8.60. The topological polar surface area (TPSA) is 46.5 Å². The summed E-state index contributed by atoms with van der Waals surface area (Å²) in [6, 6.07) is 9.10. The van der Waals surface area contributed by atoms with Gasteiger partial charge >= 0.3 is 5.97 Å². The zero-order chi connectivity index (χ0) is 17.5. The van der Waals surface area contributed by atoms with Crippen molar-refractivity contribution in [3.63, 3.8) is 0 Å². The average molecular weight is 320 g/mol. The van der Waals surface area contributed by atoms with E-state index in [9.17, 15) is 9.90 Å². The molecule has 0 saturated carbocycles. The maximum absolute atomic E-state index is 12.6. The number of carbonyl (C=O) groups is 1. The first-order valence-corrected chi connectivity index (χ1v) is 8.60. The molecule has 0 aliphatic heterocycles. The summed E-state index contributed by atoms with van der Waals surface area (Å²) in [6.45, 7) is 10.8. The monoisotopic (exact) mass is 320 g/mol. The predicted octanol–water partition coefficient (Wildman–Crippen LogP) is 4.68. The van der Waals surface area contributed by atoms with E-state index in [0.29, 0.717) is 24.5 Å². The maximum Gasteiger partial charge on any atom is 0.342 e. The highest BCUT2D eigenvalue weighted by atomic mass is 16.5. The quantitative estimate of drug-likeness (QED) is 0.559. The minimum absolute atomic E-state index is 0.193. The number of benzene rings is 1. The average Bonchev–Trinajstić information content (AvgIpc) is 2.45. The standard InChI is InChI=1S/C20H32O3/c1-16(2)11-9-10-14-23-18(21)20(22,15-19(3,4)5)17-12-7-6-8-13-17/h6-8,12-13,16,22H,9-11,14-15H2,1-5H3. The highest BCUT2D eigenvalue weighted by molar-refractivity contribution is 5.81. The van der Waals surface area contributed by atoms with Crippen molar-refractivity contribution in [3.05, 3.63) is 35.9 Å². The van der Waals surface area contributed by atoms with Crippen molar-refractivity contribution in [2.75, 3.05) is 6.61 Å². The van der Waals surface area contributed by atoms with E-state index in [4.69, 9.17) is 4.74 Å². The van der Waals surface area contributed by atoms with Gasteiger partial charge in [-0.1, -0.05) is 71.4 Å². The summed E-state index contributed by atoms with van der Waals surface area (Å²) in [5.74, 6) is 0.121. The zero-order valence-corrected chi connectivity index (χ0v) is 15.3. The Balaban J connectivity index is 2.74. The Morgan fingerprint density at radius 3 is 2.26 bits per heavy atom. The van der Waals surface area contributed by atoms with E-state index in [1.807, 2.05) is 39.0 Å². The van der Waals surface area contributed by atoms with Crippen LogP contribution >= 0.6 is 0 Å². The van der Waals surface area contributed by atoms with Crippen molar-refractivity contribution in [3.8, 4) is 0 Å². The molecule has 130 valence electrons. The van der Waals surface area contributed by atoms with E-state index in [0.717, 1.165) is 19.3 Å². The van der Waals surface area contributed by atoms with E-state index in [-0.39, 0.29) is 5.41 Å². The van der Waals surface area contributed by atoms with Crippen LogP contribution in [0.4, 0.5) is 0 Å². The van der Waals surface area contributed by atoms with E-state index in [2.05, 4.69) is 13.8 Å². The van der Waals surface area contributed by atoms with E-state index >= 15 is 0 Å². The van der Waals surface area contributed by atoms with Gasteiger partial charge in [-0.3, -0.25) is 0 Å². The van der Waals surface area contributed by atoms with E-state index in [1.54, 1.807) is 12.1 Å². The largest absolute Gasteiger partial charge is 0.463 e. The third-order valence-electron chi connectivity index (χ3n) is 3.78. The lowest BCUT2D eigenvalue weighted by molar-refractivity contribution is -0.170. The summed E-state index contributed by atoms with van der Waals surface area (Å²) >= 11 is 0. The molecule has 0 aliphatic rings. The zero-order valence-electron chi connectivity index (χ0n) is 15.3. The number of hydrogen-bond donors (Lipinski definition) is 1. The Labute approximate surface area is 141 Å². The van der Waals surface area contributed by atoms with Crippen molar-refractivity contribution in [1.82, 2.24) is 0 Å². The third kappa shape index (κ3) is 6.74. The van der Waals surface area contributed by atoms with Crippen molar-refractivity contribution < 1.29 is 14.6 Å². The van der Waals surface area contributed by atoms with Crippen LogP contribution in [0.1, 0.15) is 65.9 Å². The number of unbranched alkanes of at least 4 members (excludes halogenated alkanes) is 1. The molecule has 0 fully saturated rings. The summed E-state index contributed by atoms with van der Waals surface area (Å²) < 4.78 is 5.40. The number of esters is 1. The summed E-state index contributed by atoms with van der Waals surface area (Å²) in [7, 11) is 0. The summed E-state index contributed by atoms with van der Waals surface area (Å²) in [4.78, 5) is 12.6. The highest BCUT2D eigenvalue weighted by Gasteiger charge is 2.42. The van der Waals surface area contributed by atoms with Gasteiger partial charge in [0.05, 0.1) is 6.61 Å². The molecule has 0 aromatic heterocycles. The minimum atomic E-state index is -1.59. The Morgan fingerprint density at radius 1 is 1.13 bits per heavy atom. The Hall–Kier alpha value is -1.35. The van der Waals surface area contributed by atoms with Gasteiger partial charge in [-0.2, -0.15) is 0 Å². The second-order valence-electron chi connectivity index (χ2n) is 7.99. The molecule has 1 atom stereocenters. The smallest absolute Gasteiger partial charge is 0.342 e. The lowest BCUT2D eigenvalue weighted by Crippen LogP contribution is -2.40. The lowest BCUT2D eigenvalue weighted by atomic mass is 9.78. The van der Waals surface area contributed by atoms with Crippen LogP contribution in [0.15, 0.2) is 30.3 Å². The van der Waals surface area contributed by atoms with Crippen LogP contribution in [0.5, 0.6) is 0 Å². The van der Waals surface area contributed by atoms with Gasteiger partial charge in [0.1, 0.15) is 0 Å². The molecule has 3 nitrogen and oxygen atoms in total. The van der Waals surface area contributed by atoms with Gasteiger partial charge in [-0.05, 0) is 36.2 Å². The van der Waals surface area contributed by atoms with Gasteiger partial charge in [-0.15, -0.1) is 0 Å². The first-order chi connectivity index (χ1) is 10.6. The van der Waals surface area contributed by atoms with Crippen molar-refractivity contribution in [2.45, 2.75) is 65.9 Å². The number of rotatable bonds is 8. The van der Waals surface area contributed by atoms with E-state index < -0.39 is 11.6 Å². The molecule has 23 heavy (non-hydrogen) atoms. The summed E-state index contributed by atoms with van der Waals surface area (Å²) in [5.41, 5.74) is -1.18. The fourth-order valence-corrected chi connectivity index (χ4v) is 2.71. The van der Waals surface area contributed by atoms with Crippen LogP contribution in [-0.2, 0) is 15.1 Å². The molecular weight excluding hydrogens is 288 g/mol. The van der Waals surface area contributed by atoms with Crippen molar-refractivity contribution in [2.24, 2.45) is 11.3 Å². The molecule has 0 aliphatic carbocycles. The molecule has 0 saturated heterocycles. The SMILES string of the molecule is CC(C)CCCCOC(=O)C(O)(CC(C)(C)C)c1ccccc1. The molecule has 0 bridgehead atoms. The summed E-state index contributed by atoms with van der Waals surface area (Å²) in [6.07, 6.45) is 3.33. The van der Waals surface area contributed by atoms with Crippen LogP contribution < -0.4 is 0 Å². The van der Waals surface area contributed by atoms with Crippen LogP contribution in [0.3, 0.4) is 0 Å². The van der Waals surface area contributed by atoms with Gasteiger partial charge < -0.3 is 9.84 Å². The molecule has 0 spiro atoms. The second-order valence-corrected chi connectivity index (χ2v) is 7.99. The molecule has 1 N–H and O–H groups in total. The van der Waals surface area contributed by atoms with Gasteiger partial charge in [0.2, 0.25) is 0 Å². The maximum atomic E-state index is 12.6. The molecule has 1 rings (SSSR count). The lowest BCUT2D eigenvalue weighted by Gasteiger charge is -2.32. The van der Waals surface area contributed by atoms with Crippen LogP contribution in [-0.4, -0.2) is 17.7 Å². The normalized spacial score (nSPS) is 14.6. The highest BCUT2D eigenvalue weighted by Crippen LogP contribution is 2.35. The second kappa shape index (κ2) is 8.49. The van der Waals surface area contributed by atoms with Gasteiger partial charge in [0, 0.05) is 0 Å². The minimum Gasteiger partial charge on any atom is -0.463 e. The Morgan fingerprint density at radius 2 is 1.74 bits per heavy atom. The van der Waals surface area contributed by atoms with Crippen molar-refractivity contribution in [1.29, 1.82) is 0 Å². The van der Waals surface area contributed by atoms with Gasteiger partial charge in [0.15, 0.2) is 5.60 Å². The van der Waals surface area contributed by atoms with Crippen LogP contribution in [0, 0.1) is 11.3 Å². The van der Waals surface area contributed by atoms with Crippen LogP contribution in [0.25, 0.3) is 0 Å². The van der Waals surface area contributed by atoms with Gasteiger partial charge in [-0.25, -0.2) is 4.79 Å².